The molecule has 12 rings (SSSR count). The van der Waals surface area contributed by atoms with Gasteiger partial charge < -0.3 is 9.13 Å². The largest absolute Gasteiger partial charge is 0.310 e. The molecule has 220 valence electrons. The van der Waals surface area contributed by atoms with Gasteiger partial charge in [0, 0.05) is 44.0 Å². The minimum atomic E-state index is -0.229. The van der Waals surface area contributed by atoms with Crippen molar-refractivity contribution in [2.75, 3.05) is 0 Å². The third kappa shape index (κ3) is 2.99. The second-order valence-electron chi connectivity index (χ2n) is 13.5. The number of hydrogen-bond donors (Lipinski definition) is 0. The SMILES string of the molecule is Fc1cccc(-c2cc3c4c(c2)-n2c5cc6ccccc6cc5c5cccc(c52)B4c2cccc4c5cc6ccccc6cc5n-3c24)c1. The van der Waals surface area contributed by atoms with Crippen LogP contribution in [-0.2, 0) is 0 Å². The predicted molar refractivity (Wildman–Crippen MR) is 200 cm³/mol. The van der Waals surface area contributed by atoms with Crippen molar-refractivity contribution in [2.45, 2.75) is 0 Å². The fourth-order valence-corrected chi connectivity index (χ4v) is 9.12. The number of nitrogens with zero attached hydrogens (tertiary/aromatic N) is 2. The summed E-state index contributed by atoms with van der Waals surface area (Å²) in [5, 5.41) is 9.96. The molecule has 0 aliphatic carbocycles. The molecule has 0 atom stereocenters. The van der Waals surface area contributed by atoms with E-state index in [2.05, 4.69) is 130 Å². The van der Waals surface area contributed by atoms with Crippen molar-refractivity contribution in [1.29, 1.82) is 0 Å². The number of hydrogen-bond acceptors (Lipinski definition) is 0. The Morgan fingerprint density at radius 2 is 0.917 bits per heavy atom. The molecule has 0 N–H and O–H groups in total. The van der Waals surface area contributed by atoms with Gasteiger partial charge in [0.2, 0.25) is 0 Å². The van der Waals surface area contributed by atoms with E-state index in [-0.39, 0.29) is 12.5 Å². The van der Waals surface area contributed by atoms with Gasteiger partial charge in [-0.15, -0.1) is 0 Å². The molecule has 0 saturated carbocycles. The van der Waals surface area contributed by atoms with Crippen molar-refractivity contribution < 1.29 is 4.39 Å². The highest BCUT2D eigenvalue weighted by molar-refractivity contribution is 7.00. The molecular formula is C44H24BFN2. The molecule has 0 bridgehead atoms. The van der Waals surface area contributed by atoms with Gasteiger partial charge in [-0.3, -0.25) is 0 Å². The lowest BCUT2D eigenvalue weighted by atomic mass is 9.34. The van der Waals surface area contributed by atoms with Crippen molar-refractivity contribution >= 4 is 88.3 Å². The average Bonchev–Trinajstić information content (AvgIpc) is 3.62. The number of halogens is 1. The molecule has 0 unspecified atom stereocenters. The Balaban J connectivity index is 1.32. The molecule has 2 aliphatic heterocycles. The van der Waals surface area contributed by atoms with E-state index in [1.165, 1.54) is 87.6 Å². The summed E-state index contributed by atoms with van der Waals surface area (Å²) in [6.45, 7) is 0.0569. The number of aromatic nitrogens is 2. The summed E-state index contributed by atoms with van der Waals surface area (Å²) < 4.78 is 19.8. The van der Waals surface area contributed by atoms with E-state index in [0.717, 1.165) is 22.5 Å². The van der Waals surface area contributed by atoms with Gasteiger partial charge in [-0.2, -0.15) is 0 Å². The van der Waals surface area contributed by atoms with Crippen molar-refractivity contribution in [3.63, 3.8) is 0 Å². The van der Waals surface area contributed by atoms with Gasteiger partial charge in [-0.25, -0.2) is 4.39 Å². The first-order valence-electron chi connectivity index (χ1n) is 16.6. The van der Waals surface area contributed by atoms with Gasteiger partial charge in [-0.05, 0) is 97.6 Å². The summed E-state index contributed by atoms with van der Waals surface area (Å²) >= 11 is 0. The van der Waals surface area contributed by atoms with Crippen LogP contribution in [-0.4, -0.2) is 15.8 Å². The van der Waals surface area contributed by atoms with E-state index in [1.807, 2.05) is 12.1 Å². The summed E-state index contributed by atoms with van der Waals surface area (Å²) in [4.78, 5) is 0. The van der Waals surface area contributed by atoms with E-state index >= 15 is 0 Å². The van der Waals surface area contributed by atoms with Crippen LogP contribution in [0, 0.1) is 5.82 Å². The fraction of sp³-hybridized carbons (Fsp3) is 0. The topological polar surface area (TPSA) is 9.86 Å². The van der Waals surface area contributed by atoms with Gasteiger partial charge >= 0.3 is 0 Å². The van der Waals surface area contributed by atoms with E-state index in [1.54, 1.807) is 6.07 Å². The predicted octanol–water partition coefficient (Wildman–Crippen LogP) is 9.14. The summed E-state index contributed by atoms with van der Waals surface area (Å²) in [5.74, 6) is -0.229. The maximum Gasteiger partial charge on any atom is 0.252 e. The number of fused-ring (bicyclic) bond motifs is 12. The summed E-state index contributed by atoms with van der Waals surface area (Å²) in [5.41, 5.74) is 13.1. The first-order valence-corrected chi connectivity index (χ1v) is 16.6. The molecule has 10 aromatic rings. The molecule has 2 nitrogen and oxygen atoms in total. The van der Waals surface area contributed by atoms with Gasteiger partial charge in [-0.1, -0.05) is 97.1 Å². The standard InChI is InChI=1S/C44H24BFN2/c46-31-13-5-12-25(18-31)30-23-40-42-41(24-30)48-39-22-29-11-4-2-9-27(29)20-35(39)33-15-7-17-37(44(33)48)45(42)36-16-6-14-32-34-19-26-8-1-3-10-28(26)21-38(34)47(40)43(32)36/h1-24H. The Labute approximate surface area is 275 Å². The van der Waals surface area contributed by atoms with Gasteiger partial charge in [0.25, 0.3) is 6.71 Å². The van der Waals surface area contributed by atoms with Gasteiger partial charge in [0.05, 0.1) is 11.0 Å². The monoisotopic (exact) mass is 610 g/mol. The second-order valence-corrected chi connectivity index (χ2v) is 13.5. The van der Waals surface area contributed by atoms with Crippen LogP contribution in [0.2, 0.25) is 0 Å². The molecule has 0 fully saturated rings. The van der Waals surface area contributed by atoms with Gasteiger partial charge in [0.15, 0.2) is 0 Å². The van der Waals surface area contributed by atoms with E-state index in [9.17, 15) is 4.39 Å². The van der Waals surface area contributed by atoms with Crippen molar-refractivity contribution in [3.8, 4) is 22.5 Å². The average molecular weight is 611 g/mol. The normalized spacial score (nSPS) is 13.1. The van der Waals surface area contributed by atoms with Crippen LogP contribution in [0.5, 0.6) is 0 Å². The van der Waals surface area contributed by atoms with Crippen LogP contribution in [0.1, 0.15) is 0 Å². The van der Waals surface area contributed by atoms with Crippen molar-refractivity contribution in [1.82, 2.24) is 9.13 Å². The summed E-state index contributed by atoms with van der Waals surface area (Å²) in [6, 6.07) is 52.0. The molecule has 2 aliphatic rings. The molecule has 4 heteroatoms. The minimum Gasteiger partial charge on any atom is -0.310 e. The molecule has 0 spiro atoms. The fourth-order valence-electron chi connectivity index (χ4n) is 9.12. The lowest BCUT2D eigenvalue weighted by molar-refractivity contribution is 0.628. The maximum atomic E-state index is 14.8. The summed E-state index contributed by atoms with van der Waals surface area (Å²) in [7, 11) is 0. The highest BCUT2D eigenvalue weighted by Gasteiger charge is 2.41. The first-order chi connectivity index (χ1) is 23.7. The van der Waals surface area contributed by atoms with Gasteiger partial charge in [0.1, 0.15) is 5.82 Å². The molecule has 48 heavy (non-hydrogen) atoms. The Bertz CT molecular complexity index is 2910. The Morgan fingerprint density at radius 1 is 0.417 bits per heavy atom. The Kier molecular flexibility index (Phi) is 4.49. The van der Waals surface area contributed by atoms with Crippen LogP contribution >= 0.6 is 0 Å². The number of rotatable bonds is 1. The zero-order valence-corrected chi connectivity index (χ0v) is 25.7. The Hall–Kier alpha value is -6.13. The first kappa shape index (κ1) is 25.0. The third-order valence-electron chi connectivity index (χ3n) is 11.1. The highest BCUT2D eigenvalue weighted by Crippen LogP contribution is 2.42. The summed E-state index contributed by atoms with van der Waals surface area (Å²) in [6.07, 6.45) is 0. The molecular weight excluding hydrogens is 586 g/mol. The molecule has 0 saturated heterocycles. The van der Waals surface area contributed by atoms with E-state index in [4.69, 9.17) is 0 Å². The zero-order chi connectivity index (χ0) is 31.2. The van der Waals surface area contributed by atoms with Crippen LogP contribution in [0.15, 0.2) is 146 Å². The second kappa shape index (κ2) is 8.61. The van der Waals surface area contributed by atoms with Crippen LogP contribution in [0.25, 0.3) is 87.7 Å². The smallest absolute Gasteiger partial charge is 0.252 e. The number of para-hydroxylation sites is 2. The molecule has 0 amide bonds. The maximum absolute atomic E-state index is 14.8. The van der Waals surface area contributed by atoms with Crippen LogP contribution < -0.4 is 16.4 Å². The van der Waals surface area contributed by atoms with Crippen LogP contribution in [0.4, 0.5) is 4.39 Å². The van der Waals surface area contributed by atoms with E-state index < -0.39 is 0 Å². The lowest BCUT2D eigenvalue weighted by Gasteiger charge is -2.34. The van der Waals surface area contributed by atoms with Crippen molar-refractivity contribution in [2.24, 2.45) is 0 Å². The Morgan fingerprint density at radius 3 is 1.44 bits per heavy atom. The highest BCUT2D eigenvalue weighted by atomic mass is 19.1. The number of benzene rings is 8. The molecule has 0 radical (unpaired) electrons. The lowest BCUT2D eigenvalue weighted by Crippen LogP contribution is -2.59. The molecule has 4 heterocycles. The van der Waals surface area contributed by atoms with E-state index in [0.29, 0.717) is 0 Å². The van der Waals surface area contributed by atoms with Crippen molar-refractivity contribution in [3.05, 3.63) is 151 Å². The quantitative estimate of drug-likeness (QED) is 0.164. The zero-order valence-electron chi connectivity index (χ0n) is 25.7. The van der Waals surface area contributed by atoms with Crippen LogP contribution in [0.3, 0.4) is 0 Å². The minimum absolute atomic E-state index is 0.0569. The third-order valence-corrected chi connectivity index (χ3v) is 11.1. The molecule has 2 aromatic heterocycles. The molecule has 8 aromatic carbocycles.